The first-order chi connectivity index (χ1) is 7.97. The first kappa shape index (κ1) is 12.0. The minimum absolute atomic E-state index is 0.347. The fraction of sp³-hybridized carbons (Fsp3) is 0.417. The van der Waals surface area contributed by atoms with E-state index in [4.69, 9.17) is 0 Å². The third-order valence-corrected chi connectivity index (χ3v) is 2.88. The van der Waals surface area contributed by atoms with Gasteiger partial charge in [-0.05, 0) is 11.6 Å². The van der Waals surface area contributed by atoms with Crippen molar-refractivity contribution < 1.29 is 18.0 Å². The van der Waals surface area contributed by atoms with Gasteiger partial charge in [-0.25, -0.2) is 0 Å². The second-order valence-corrected chi connectivity index (χ2v) is 4.10. The van der Waals surface area contributed by atoms with E-state index in [0.717, 1.165) is 11.3 Å². The third-order valence-electron chi connectivity index (χ3n) is 2.88. The van der Waals surface area contributed by atoms with Gasteiger partial charge in [-0.2, -0.15) is 13.2 Å². The average Bonchev–Trinajstić information content (AvgIpc) is 2.68. The number of para-hydroxylation sites is 1. The molecular formula is C12H12F3NO. The monoisotopic (exact) mass is 243 g/mol. The number of carbonyl (C=O) groups excluding carboxylic acids is 1. The summed E-state index contributed by atoms with van der Waals surface area (Å²) in [7, 11) is 0. The molecule has 5 heteroatoms. The highest BCUT2D eigenvalue weighted by molar-refractivity contribution is 5.89. The van der Waals surface area contributed by atoms with Crippen LogP contribution in [0.2, 0.25) is 0 Å². The first-order valence-electron chi connectivity index (χ1n) is 5.39. The molecule has 17 heavy (non-hydrogen) atoms. The normalized spacial score (nSPS) is 18.6. The summed E-state index contributed by atoms with van der Waals surface area (Å²) < 4.78 is 36.1. The highest BCUT2D eigenvalue weighted by Crippen LogP contribution is 2.33. The van der Waals surface area contributed by atoms with Crippen LogP contribution in [0.1, 0.15) is 24.3 Å². The SMILES string of the molecule is O=C(CCC(F)(F)F)C1CNc2ccccc21. The van der Waals surface area contributed by atoms with Crippen LogP contribution in [0, 0.1) is 0 Å². The maximum Gasteiger partial charge on any atom is 0.389 e. The quantitative estimate of drug-likeness (QED) is 0.883. The van der Waals surface area contributed by atoms with E-state index in [-0.39, 0.29) is 5.78 Å². The molecule has 1 aliphatic rings. The van der Waals surface area contributed by atoms with Crippen LogP contribution >= 0.6 is 0 Å². The Balaban J connectivity index is 2.03. The number of rotatable bonds is 3. The van der Waals surface area contributed by atoms with E-state index >= 15 is 0 Å². The van der Waals surface area contributed by atoms with E-state index in [1.165, 1.54) is 0 Å². The Kier molecular flexibility index (Phi) is 3.09. The Labute approximate surface area is 96.8 Å². The lowest BCUT2D eigenvalue weighted by Gasteiger charge is -2.10. The average molecular weight is 243 g/mol. The Morgan fingerprint density at radius 2 is 2.06 bits per heavy atom. The molecule has 1 heterocycles. The summed E-state index contributed by atoms with van der Waals surface area (Å²) in [5.74, 6) is -0.784. The summed E-state index contributed by atoms with van der Waals surface area (Å²) in [6, 6.07) is 7.22. The smallest absolute Gasteiger partial charge is 0.384 e. The number of benzene rings is 1. The summed E-state index contributed by atoms with van der Waals surface area (Å²) in [6.07, 6.45) is -5.74. The van der Waals surface area contributed by atoms with Gasteiger partial charge in [0.05, 0.1) is 12.3 Å². The molecule has 0 saturated heterocycles. The summed E-state index contributed by atoms with van der Waals surface area (Å²) in [5.41, 5.74) is 1.65. The molecule has 0 aliphatic carbocycles. The molecular weight excluding hydrogens is 231 g/mol. The van der Waals surface area contributed by atoms with Crippen molar-refractivity contribution in [1.29, 1.82) is 0 Å². The van der Waals surface area contributed by atoms with Crippen LogP contribution in [0.25, 0.3) is 0 Å². The Morgan fingerprint density at radius 3 is 2.76 bits per heavy atom. The van der Waals surface area contributed by atoms with Crippen molar-refractivity contribution in [1.82, 2.24) is 0 Å². The fourth-order valence-corrected chi connectivity index (χ4v) is 2.01. The minimum atomic E-state index is -4.26. The van der Waals surface area contributed by atoms with E-state index in [1.807, 2.05) is 12.1 Å². The van der Waals surface area contributed by atoms with Gasteiger partial charge < -0.3 is 5.32 Å². The van der Waals surface area contributed by atoms with Gasteiger partial charge in [0.1, 0.15) is 5.78 Å². The van der Waals surface area contributed by atoms with Gasteiger partial charge in [-0.1, -0.05) is 18.2 Å². The molecule has 2 nitrogen and oxygen atoms in total. The zero-order chi connectivity index (χ0) is 12.5. The summed E-state index contributed by atoms with van der Waals surface area (Å²) >= 11 is 0. The number of hydrogen-bond acceptors (Lipinski definition) is 2. The van der Waals surface area contributed by atoms with E-state index in [9.17, 15) is 18.0 Å². The van der Waals surface area contributed by atoms with E-state index in [1.54, 1.807) is 12.1 Å². The predicted molar refractivity (Wildman–Crippen MR) is 58.0 cm³/mol. The Bertz CT molecular complexity index is 428. The number of anilines is 1. The molecule has 0 spiro atoms. The Morgan fingerprint density at radius 1 is 1.35 bits per heavy atom. The van der Waals surface area contributed by atoms with Crippen LogP contribution in [0.5, 0.6) is 0 Å². The molecule has 0 bridgehead atoms. The van der Waals surface area contributed by atoms with Gasteiger partial charge in [0.2, 0.25) is 0 Å². The molecule has 1 unspecified atom stereocenters. The summed E-state index contributed by atoms with van der Waals surface area (Å²) in [5, 5.41) is 3.03. The van der Waals surface area contributed by atoms with Crippen LogP contribution in [0.4, 0.5) is 18.9 Å². The van der Waals surface area contributed by atoms with Gasteiger partial charge in [0, 0.05) is 18.7 Å². The van der Waals surface area contributed by atoms with Crippen LogP contribution < -0.4 is 5.32 Å². The highest BCUT2D eigenvalue weighted by Gasteiger charge is 2.32. The molecule has 2 rings (SSSR count). The van der Waals surface area contributed by atoms with E-state index in [0.29, 0.717) is 6.54 Å². The van der Waals surface area contributed by atoms with Crippen LogP contribution in [0.3, 0.4) is 0 Å². The second-order valence-electron chi connectivity index (χ2n) is 4.10. The van der Waals surface area contributed by atoms with E-state index in [2.05, 4.69) is 5.32 Å². The maximum absolute atomic E-state index is 12.0. The number of carbonyl (C=O) groups is 1. The topological polar surface area (TPSA) is 29.1 Å². The molecule has 1 aromatic carbocycles. The zero-order valence-corrected chi connectivity index (χ0v) is 9.05. The van der Waals surface area contributed by atoms with Crippen molar-refractivity contribution in [2.24, 2.45) is 0 Å². The summed E-state index contributed by atoms with van der Waals surface area (Å²) in [6.45, 7) is 0.399. The number of hydrogen-bond donors (Lipinski definition) is 1. The van der Waals surface area contributed by atoms with Gasteiger partial charge in [0.15, 0.2) is 0 Å². The van der Waals surface area contributed by atoms with Gasteiger partial charge in [-0.15, -0.1) is 0 Å². The fourth-order valence-electron chi connectivity index (χ4n) is 2.01. The number of fused-ring (bicyclic) bond motifs is 1. The van der Waals surface area contributed by atoms with E-state index < -0.39 is 24.9 Å². The number of alkyl halides is 3. The maximum atomic E-state index is 12.0. The van der Waals surface area contributed by atoms with Gasteiger partial charge in [0.25, 0.3) is 0 Å². The standard InChI is InChI=1S/C12H12F3NO/c13-12(14,15)6-5-11(17)9-7-16-10-4-2-1-3-8(9)10/h1-4,9,16H,5-7H2. The number of Topliss-reactive ketones (excluding diaryl/α,β-unsaturated/α-hetero) is 1. The lowest BCUT2D eigenvalue weighted by Crippen LogP contribution is -2.18. The van der Waals surface area contributed by atoms with Gasteiger partial charge in [-0.3, -0.25) is 4.79 Å². The molecule has 1 aliphatic heterocycles. The molecule has 1 aromatic rings. The molecule has 0 amide bonds. The van der Waals surface area contributed by atoms with Crippen molar-refractivity contribution >= 4 is 11.5 Å². The molecule has 0 fully saturated rings. The van der Waals surface area contributed by atoms with Crippen molar-refractivity contribution in [3.63, 3.8) is 0 Å². The van der Waals surface area contributed by atoms with Crippen molar-refractivity contribution in [3.05, 3.63) is 29.8 Å². The lowest BCUT2D eigenvalue weighted by atomic mass is 9.94. The van der Waals surface area contributed by atoms with Crippen LogP contribution in [-0.2, 0) is 4.79 Å². The zero-order valence-electron chi connectivity index (χ0n) is 9.05. The van der Waals surface area contributed by atoms with Crippen LogP contribution in [0.15, 0.2) is 24.3 Å². The molecule has 1 atom stereocenters. The Hall–Kier alpha value is -1.52. The minimum Gasteiger partial charge on any atom is -0.384 e. The first-order valence-corrected chi connectivity index (χ1v) is 5.39. The van der Waals surface area contributed by atoms with Gasteiger partial charge >= 0.3 is 6.18 Å². The highest BCUT2D eigenvalue weighted by atomic mass is 19.4. The largest absolute Gasteiger partial charge is 0.389 e. The van der Waals surface area contributed by atoms with Crippen LogP contribution in [-0.4, -0.2) is 18.5 Å². The van der Waals surface area contributed by atoms with Crippen molar-refractivity contribution in [3.8, 4) is 0 Å². The van der Waals surface area contributed by atoms with Crippen molar-refractivity contribution in [2.45, 2.75) is 24.9 Å². The predicted octanol–water partition coefficient (Wildman–Crippen LogP) is 3.11. The number of ketones is 1. The molecule has 0 saturated carbocycles. The molecule has 0 radical (unpaired) electrons. The number of halogens is 3. The summed E-state index contributed by atoms with van der Waals surface area (Å²) in [4.78, 5) is 11.7. The molecule has 92 valence electrons. The second kappa shape index (κ2) is 4.39. The molecule has 0 aromatic heterocycles. The van der Waals surface area contributed by atoms with Crippen molar-refractivity contribution in [2.75, 3.05) is 11.9 Å². The molecule has 1 N–H and O–H groups in total. The third kappa shape index (κ3) is 2.78. The number of nitrogens with one attached hydrogen (secondary N) is 1. The lowest BCUT2D eigenvalue weighted by molar-refractivity contribution is -0.143.